The molecule has 1 saturated heterocycles. The van der Waals surface area contributed by atoms with Crippen molar-refractivity contribution in [3.63, 3.8) is 0 Å². The zero-order chi connectivity index (χ0) is 15.6. The first-order valence-corrected chi connectivity index (χ1v) is 7.62. The van der Waals surface area contributed by atoms with Gasteiger partial charge in [0.2, 0.25) is 0 Å². The summed E-state index contributed by atoms with van der Waals surface area (Å²) in [5.74, 6) is -3.30. The van der Waals surface area contributed by atoms with Crippen LogP contribution in [0.2, 0.25) is 0 Å². The summed E-state index contributed by atoms with van der Waals surface area (Å²) in [5.41, 5.74) is -0.300. The Hall–Kier alpha value is -1.63. The van der Waals surface area contributed by atoms with Crippen molar-refractivity contribution >= 4 is 23.6 Å². The molecule has 7 heteroatoms. The number of amides is 1. The van der Waals surface area contributed by atoms with Crippen molar-refractivity contribution in [2.24, 2.45) is 0 Å². The normalized spacial score (nSPS) is 21.6. The van der Waals surface area contributed by atoms with Crippen LogP contribution in [0.25, 0.3) is 0 Å². The van der Waals surface area contributed by atoms with Crippen molar-refractivity contribution < 1.29 is 23.5 Å². The van der Waals surface area contributed by atoms with Crippen LogP contribution in [0.4, 0.5) is 8.78 Å². The van der Waals surface area contributed by atoms with Gasteiger partial charge in [-0.2, -0.15) is 0 Å². The summed E-state index contributed by atoms with van der Waals surface area (Å²) >= 11 is 1.37. The van der Waals surface area contributed by atoms with Crippen LogP contribution in [0.15, 0.2) is 18.2 Å². The molecule has 1 amide bonds. The van der Waals surface area contributed by atoms with E-state index in [0.29, 0.717) is 12.5 Å². The van der Waals surface area contributed by atoms with Crippen molar-refractivity contribution in [1.29, 1.82) is 0 Å². The Labute approximate surface area is 125 Å². The van der Waals surface area contributed by atoms with Gasteiger partial charge in [-0.25, -0.2) is 13.6 Å². The number of thioether (sulfide) groups is 1. The van der Waals surface area contributed by atoms with E-state index in [1.807, 2.05) is 6.92 Å². The first kappa shape index (κ1) is 15.8. The van der Waals surface area contributed by atoms with Crippen molar-refractivity contribution in [1.82, 2.24) is 4.90 Å². The van der Waals surface area contributed by atoms with Gasteiger partial charge in [-0.05, 0) is 18.6 Å². The molecule has 114 valence electrons. The predicted octanol–water partition coefficient (Wildman–Crippen LogP) is 2.73. The van der Waals surface area contributed by atoms with Crippen LogP contribution in [0.1, 0.15) is 30.1 Å². The summed E-state index contributed by atoms with van der Waals surface area (Å²) in [4.78, 5) is 24.9. The first-order valence-electron chi connectivity index (χ1n) is 6.57. The molecule has 1 aliphatic rings. The van der Waals surface area contributed by atoms with E-state index in [9.17, 15) is 23.5 Å². The van der Waals surface area contributed by atoms with E-state index in [0.717, 1.165) is 18.6 Å². The summed E-state index contributed by atoms with van der Waals surface area (Å²) in [6, 6.07) is 1.69. The lowest BCUT2D eigenvalue weighted by molar-refractivity contribution is -0.141. The van der Waals surface area contributed by atoms with Crippen molar-refractivity contribution in [2.75, 3.05) is 5.75 Å². The predicted molar refractivity (Wildman–Crippen MR) is 75.1 cm³/mol. The highest BCUT2D eigenvalue weighted by molar-refractivity contribution is 8.00. The fourth-order valence-corrected chi connectivity index (χ4v) is 3.81. The second-order valence-corrected chi connectivity index (χ2v) is 5.98. The molecular formula is C14H15F2NO3S. The van der Waals surface area contributed by atoms with Gasteiger partial charge >= 0.3 is 5.97 Å². The number of carboxylic acid groups (broad SMARTS) is 1. The molecule has 0 bridgehead atoms. The maximum absolute atomic E-state index is 13.8. The van der Waals surface area contributed by atoms with Gasteiger partial charge < -0.3 is 10.0 Å². The van der Waals surface area contributed by atoms with Crippen LogP contribution in [0, 0.1) is 11.6 Å². The third kappa shape index (κ3) is 3.18. The number of carboxylic acids is 1. The minimum atomic E-state index is -1.11. The average molecular weight is 315 g/mol. The third-order valence-corrected chi connectivity index (χ3v) is 4.67. The number of halogens is 2. The van der Waals surface area contributed by atoms with Crippen LogP contribution in [-0.2, 0) is 4.79 Å². The fraction of sp³-hybridized carbons (Fsp3) is 0.429. The van der Waals surface area contributed by atoms with Gasteiger partial charge in [0.05, 0.1) is 10.9 Å². The quantitative estimate of drug-likeness (QED) is 0.928. The Morgan fingerprint density at radius 1 is 1.43 bits per heavy atom. The van der Waals surface area contributed by atoms with Crippen molar-refractivity contribution in [2.45, 2.75) is 31.2 Å². The van der Waals surface area contributed by atoms with Gasteiger partial charge in [0.1, 0.15) is 17.7 Å². The topological polar surface area (TPSA) is 57.6 Å². The van der Waals surface area contributed by atoms with E-state index in [1.54, 1.807) is 0 Å². The minimum Gasteiger partial charge on any atom is -0.480 e. The molecule has 1 aromatic carbocycles. The molecule has 1 aromatic rings. The Morgan fingerprint density at radius 3 is 2.71 bits per heavy atom. The number of nitrogens with zero attached hydrogens (tertiary/aromatic N) is 1. The molecule has 2 rings (SSSR count). The molecule has 0 aromatic heterocycles. The fourth-order valence-electron chi connectivity index (χ4n) is 2.30. The number of aliphatic carboxylic acids is 1. The summed E-state index contributed by atoms with van der Waals surface area (Å²) < 4.78 is 26.7. The van der Waals surface area contributed by atoms with E-state index in [1.165, 1.54) is 16.7 Å². The molecule has 1 heterocycles. The van der Waals surface area contributed by atoms with Crippen molar-refractivity contribution in [3.05, 3.63) is 35.4 Å². The second-order valence-electron chi connectivity index (χ2n) is 4.77. The monoisotopic (exact) mass is 315 g/mol. The largest absolute Gasteiger partial charge is 0.480 e. The van der Waals surface area contributed by atoms with Gasteiger partial charge in [-0.15, -0.1) is 11.8 Å². The van der Waals surface area contributed by atoms with Gasteiger partial charge in [0.25, 0.3) is 5.91 Å². The smallest absolute Gasteiger partial charge is 0.327 e. The van der Waals surface area contributed by atoms with Crippen LogP contribution >= 0.6 is 11.8 Å². The first-order chi connectivity index (χ1) is 9.95. The number of carbonyl (C=O) groups excluding carboxylic acids is 1. The van der Waals surface area contributed by atoms with Gasteiger partial charge in [-0.1, -0.05) is 13.3 Å². The number of hydrogen-bond acceptors (Lipinski definition) is 3. The molecule has 1 fully saturated rings. The molecule has 1 N–H and O–H groups in total. The highest BCUT2D eigenvalue weighted by Crippen LogP contribution is 2.34. The molecule has 2 atom stereocenters. The van der Waals surface area contributed by atoms with E-state index >= 15 is 0 Å². The summed E-state index contributed by atoms with van der Waals surface area (Å²) in [6.45, 7) is 1.93. The highest BCUT2D eigenvalue weighted by atomic mass is 32.2. The van der Waals surface area contributed by atoms with Crippen LogP contribution < -0.4 is 0 Å². The Morgan fingerprint density at radius 2 is 2.14 bits per heavy atom. The lowest BCUT2D eigenvalue weighted by atomic mass is 10.1. The van der Waals surface area contributed by atoms with Crippen LogP contribution in [0.5, 0.6) is 0 Å². The minimum absolute atomic E-state index is 0.272. The average Bonchev–Trinajstić information content (AvgIpc) is 2.82. The molecule has 21 heavy (non-hydrogen) atoms. The second kappa shape index (κ2) is 6.43. The highest BCUT2D eigenvalue weighted by Gasteiger charge is 2.42. The zero-order valence-corrected chi connectivity index (χ0v) is 12.2. The molecule has 0 aliphatic carbocycles. The van der Waals surface area contributed by atoms with Gasteiger partial charge in [-0.3, -0.25) is 4.79 Å². The molecular weight excluding hydrogens is 300 g/mol. The lowest BCUT2D eigenvalue weighted by Crippen LogP contribution is -2.45. The van der Waals surface area contributed by atoms with Crippen molar-refractivity contribution in [3.8, 4) is 0 Å². The van der Waals surface area contributed by atoms with Gasteiger partial charge in [0, 0.05) is 11.8 Å². The molecule has 0 spiro atoms. The summed E-state index contributed by atoms with van der Waals surface area (Å²) in [5, 5.41) is 8.92. The number of hydrogen-bond donors (Lipinski definition) is 1. The lowest BCUT2D eigenvalue weighted by Gasteiger charge is -2.27. The Kier molecular flexibility index (Phi) is 4.82. The molecule has 0 saturated carbocycles. The number of benzene rings is 1. The standard InChI is InChI=1S/C14H15F2NO3S/c1-2-3-12-17(11(7-21-12)14(19)20)13(18)9-5-4-8(15)6-10(9)16/h4-6,11-12H,2-3,7H2,1H3,(H,19,20). The number of rotatable bonds is 4. The van der Waals surface area contributed by atoms with E-state index in [4.69, 9.17) is 0 Å². The van der Waals surface area contributed by atoms with Gasteiger partial charge in [0.15, 0.2) is 0 Å². The molecule has 2 unspecified atom stereocenters. The van der Waals surface area contributed by atoms with E-state index < -0.39 is 29.6 Å². The van der Waals surface area contributed by atoms with Crippen LogP contribution in [0.3, 0.4) is 0 Å². The Balaban J connectivity index is 2.34. The molecule has 1 aliphatic heterocycles. The molecule has 4 nitrogen and oxygen atoms in total. The van der Waals surface area contributed by atoms with Crippen LogP contribution in [-0.4, -0.2) is 39.1 Å². The molecule has 0 radical (unpaired) electrons. The third-order valence-electron chi connectivity index (χ3n) is 3.31. The summed E-state index contributed by atoms with van der Waals surface area (Å²) in [6.07, 6.45) is 1.41. The Bertz CT molecular complexity index is 567. The maximum Gasteiger partial charge on any atom is 0.327 e. The summed E-state index contributed by atoms with van der Waals surface area (Å²) in [7, 11) is 0. The number of carbonyl (C=O) groups is 2. The van der Waals surface area contributed by atoms with E-state index in [-0.39, 0.29) is 16.7 Å². The maximum atomic E-state index is 13.8. The zero-order valence-electron chi connectivity index (χ0n) is 11.4. The van der Waals surface area contributed by atoms with E-state index in [2.05, 4.69) is 0 Å². The SMILES string of the molecule is CCCC1SCC(C(=O)O)N1C(=O)c1ccc(F)cc1F.